The maximum absolute atomic E-state index is 10.1. The van der Waals surface area contributed by atoms with Gasteiger partial charge in [0.1, 0.15) is 6.29 Å². The molecule has 15 heavy (non-hydrogen) atoms. The summed E-state index contributed by atoms with van der Waals surface area (Å²) in [5.41, 5.74) is 0. The quantitative estimate of drug-likeness (QED) is 0.457. The second kappa shape index (κ2) is 11.8. The van der Waals surface area contributed by atoms with Crippen molar-refractivity contribution in [3.05, 3.63) is 0 Å². The summed E-state index contributed by atoms with van der Waals surface area (Å²) in [5, 5.41) is 15.2. The highest BCUT2D eigenvalue weighted by atomic mass is 28.4. The molecule has 7 heteroatoms. The van der Waals surface area contributed by atoms with E-state index in [0.29, 0.717) is 12.5 Å². The molecule has 0 aliphatic rings. The summed E-state index contributed by atoms with van der Waals surface area (Å²) in [4.78, 5) is 10.1. The fourth-order valence-corrected chi connectivity index (χ4v) is 2.38. The normalized spacial score (nSPS) is 10.5. The van der Waals surface area contributed by atoms with Gasteiger partial charge in [-0.05, 0) is 0 Å². The molecular formula is C8H20O6Si. The van der Waals surface area contributed by atoms with Crippen molar-refractivity contribution in [3.63, 3.8) is 0 Å². The molecule has 0 aromatic heterocycles. The van der Waals surface area contributed by atoms with Crippen molar-refractivity contribution < 1.29 is 28.3 Å². The van der Waals surface area contributed by atoms with Gasteiger partial charge in [0.25, 0.3) is 0 Å². The third-order valence-corrected chi connectivity index (χ3v) is 4.37. The molecule has 0 radical (unpaired) electrons. The van der Waals surface area contributed by atoms with Crippen LogP contribution in [-0.4, -0.2) is 59.8 Å². The Hall–Kier alpha value is -0.313. The van der Waals surface area contributed by atoms with E-state index in [0.717, 1.165) is 6.29 Å². The molecule has 92 valence electrons. The largest absolute Gasteiger partial charge is 0.500 e. The van der Waals surface area contributed by atoms with E-state index in [1.54, 1.807) is 0 Å². The molecule has 0 fully saturated rings. The van der Waals surface area contributed by atoms with Crippen LogP contribution in [0.5, 0.6) is 0 Å². The fraction of sp³-hybridized carbons (Fsp3) is 0.875. The highest BCUT2D eigenvalue weighted by molar-refractivity contribution is 6.60. The number of aliphatic hydroxyl groups is 2. The molecule has 0 spiro atoms. The molecule has 0 rings (SSSR count). The Morgan fingerprint density at radius 3 is 1.67 bits per heavy atom. The Morgan fingerprint density at radius 2 is 1.47 bits per heavy atom. The van der Waals surface area contributed by atoms with Gasteiger partial charge in [-0.15, -0.1) is 0 Å². The molecule has 0 atom stereocenters. The summed E-state index contributed by atoms with van der Waals surface area (Å²) in [7, 11) is 2.13. The molecular weight excluding hydrogens is 220 g/mol. The average molecular weight is 240 g/mol. The van der Waals surface area contributed by atoms with Gasteiger partial charge in [0.2, 0.25) is 0 Å². The van der Waals surface area contributed by atoms with Crippen molar-refractivity contribution in [2.24, 2.45) is 0 Å². The second-order valence-electron chi connectivity index (χ2n) is 2.45. The van der Waals surface area contributed by atoms with Crippen molar-refractivity contribution in [1.82, 2.24) is 0 Å². The van der Waals surface area contributed by atoms with Gasteiger partial charge in [0.15, 0.2) is 0 Å². The van der Waals surface area contributed by atoms with Crippen molar-refractivity contribution in [3.8, 4) is 0 Å². The fourth-order valence-electron chi connectivity index (χ4n) is 0.792. The molecule has 0 aliphatic carbocycles. The van der Waals surface area contributed by atoms with Gasteiger partial charge < -0.3 is 28.3 Å². The smallest absolute Gasteiger partial charge is 0.394 e. The molecule has 0 aromatic rings. The lowest BCUT2D eigenvalue weighted by Crippen LogP contribution is -2.42. The molecule has 0 unspecified atom stereocenters. The summed E-state index contributed by atoms with van der Waals surface area (Å²) in [5.74, 6) is 0. The molecule has 0 saturated carbocycles. The predicted molar refractivity (Wildman–Crippen MR) is 56.4 cm³/mol. The number of hydrogen-bond donors (Lipinski definition) is 2. The molecule has 0 aromatic carbocycles. The first-order chi connectivity index (χ1) is 7.16. The Kier molecular flexibility index (Phi) is 13.4. The van der Waals surface area contributed by atoms with Gasteiger partial charge in [-0.2, -0.15) is 0 Å². The lowest BCUT2D eigenvalue weighted by Gasteiger charge is -2.23. The minimum atomic E-state index is -2.47. The van der Waals surface area contributed by atoms with Crippen LogP contribution in [0.4, 0.5) is 0 Å². The van der Waals surface area contributed by atoms with E-state index < -0.39 is 8.80 Å². The third-order valence-electron chi connectivity index (χ3n) is 1.60. The van der Waals surface area contributed by atoms with E-state index in [1.165, 1.54) is 21.3 Å². The maximum Gasteiger partial charge on any atom is 0.500 e. The van der Waals surface area contributed by atoms with E-state index in [1.807, 2.05) is 0 Å². The maximum atomic E-state index is 10.1. The standard InChI is InChI=1S/C6H14O4Si.C2H6O2/c1-8-11(9-2,10-3)6-4-5-7;3-1-2-4/h5H,4,6H2,1-3H3;3-4H,1-2H2. The second-order valence-corrected chi connectivity index (χ2v) is 5.54. The summed E-state index contributed by atoms with van der Waals surface area (Å²) in [6.07, 6.45) is 1.25. The Morgan fingerprint density at radius 1 is 1.07 bits per heavy atom. The van der Waals surface area contributed by atoms with E-state index in [2.05, 4.69) is 0 Å². The SMILES string of the molecule is CO[Si](CCC=O)(OC)OC.OCCO. The molecule has 0 aliphatic heterocycles. The van der Waals surface area contributed by atoms with E-state index >= 15 is 0 Å². The van der Waals surface area contributed by atoms with Crippen LogP contribution in [0.15, 0.2) is 0 Å². The average Bonchev–Trinajstić information content (AvgIpc) is 2.32. The van der Waals surface area contributed by atoms with Crippen LogP contribution in [0.1, 0.15) is 6.42 Å². The molecule has 2 N–H and O–H groups in total. The molecule has 0 amide bonds. The molecule has 0 heterocycles. The summed E-state index contributed by atoms with van der Waals surface area (Å²) >= 11 is 0. The van der Waals surface area contributed by atoms with Crippen LogP contribution < -0.4 is 0 Å². The van der Waals surface area contributed by atoms with Crippen molar-refractivity contribution >= 4 is 15.1 Å². The van der Waals surface area contributed by atoms with Gasteiger partial charge >= 0.3 is 8.80 Å². The zero-order valence-corrected chi connectivity index (χ0v) is 10.4. The van der Waals surface area contributed by atoms with Crippen molar-refractivity contribution in [2.75, 3.05) is 34.5 Å². The zero-order chi connectivity index (χ0) is 12.2. The van der Waals surface area contributed by atoms with Crippen molar-refractivity contribution in [2.45, 2.75) is 12.5 Å². The van der Waals surface area contributed by atoms with Gasteiger partial charge in [-0.1, -0.05) is 0 Å². The number of aliphatic hydroxyl groups excluding tert-OH is 2. The number of hydrogen-bond acceptors (Lipinski definition) is 6. The highest BCUT2D eigenvalue weighted by Gasteiger charge is 2.36. The highest BCUT2D eigenvalue weighted by Crippen LogP contribution is 2.13. The van der Waals surface area contributed by atoms with E-state index in [-0.39, 0.29) is 13.2 Å². The number of aldehydes is 1. The van der Waals surface area contributed by atoms with Crippen LogP contribution in [0.25, 0.3) is 0 Å². The van der Waals surface area contributed by atoms with Gasteiger partial charge in [0.05, 0.1) is 13.2 Å². The Bertz CT molecular complexity index is 129. The minimum absolute atomic E-state index is 0.125. The van der Waals surface area contributed by atoms with Crippen LogP contribution in [0.2, 0.25) is 6.04 Å². The van der Waals surface area contributed by atoms with Crippen LogP contribution in [0, 0.1) is 0 Å². The number of carbonyl (C=O) groups is 1. The summed E-state index contributed by atoms with van der Waals surface area (Å²) < 4.78 is 15.2. The van der Waals surface area contributed by atoms with Crippen molar-refractivity contribution in [1.29, 1.82) is 0 Å². The van der Waals surface area contributed by atoms with Gasteiger partial charge in [0, 0.05) is 33.8 Å². The van der Waals surface area contributed by atoms with Gasteiger partial charge in [-0.3, -0.25) is 0 Å². The lowest BCUT2D eigenvalue weighted by molar-refractivity contribution is -0.107. The summed E-state index contributed by atoms with van der Waals surface area (Å²) in [6, 6.07) is 0.542. The van der Waals surface area contributed by atoms with E-state index in [9.17, 15) is 4.79 Å². The predicted octanol–water partition coefficient (Wildman–Crippen LogP) is -0.575. The van der Waals surface area contributed by atoms with Crippen LogP contribution in [-0.2, 0) is 18.1 Å². The van der Waals surface area contributed by atoms with Gasteiger partial charge in [-0.25, -0.2) is 0 Å². The minimum Gasteiger partial charge on any atom is -0.394 e. The molecule has 6 nitrogen and oxygen atoms in total. The monoisotopic (exact) mass is 240 g/mol. The first kappa shape index (κ1) is 17.1. The third kappa shape index (κ3) is 8.67. The number of rotatable bonds is 7. The summed E-state index contributed by atoms with van der Waals surface area (Å²) in [6.45, 7) is -0.250. The molecule has 0 saturated heterocycles. The first-order valence-electron chi connectivity index (χ1n) is 4.47. The molecule has 0 bridgehead atoms. The van der Waals surface area contributed by atoms with E-state index in [4.69, 9.17) is 23.5 Å². The first-order valence-corrected chi connectivity index (χ1v) is 6.40. The van der Waals surface area contributed by atoms with Crippen LogP contribution in [0.3, 0.4) is 0 Å². The zero-order valence-electron chi connectivity index (χ0n) is 9.43. The topological polar surface area (TPSA) is 85.2 Å². The number of carbonyl (C=O) groups excluding carboxylic acids is 1. The Labute approximate surface area is 91.1 Å². The lowest BCUT2D eigenvalue weighted by atomic mass is 10.6. The Balaban J connectivity index is 0. The van der Waals surface area contributed by atoms with Crippen LogP contribution >= 0.6 is 0 Å².